The summed E-state index contributed by atoms with van der Waals surface area (Å²) in [6.45, 7) is 1.79. The van der Waals surface area contributed by atoms with Crippen LogP contribution in [0.5, 0.6) is 0 Å². The molecule has 0 atom stereocenters. The van der Waals surface area contributed by atoms with E-state index in [0.29, 0.717) is 17.7 Å². The number of aryl methyl sites for hydroxylation is 1. The lowest BCUT2D eigenvalue weighted by Crippen LogP contribution is -2.06. The number of aromatic nitrogens is 1. The zero-order chi connectivity index (χ0) is 9.97. The predicted octanol–water partition coefficient (Wildman–Crippen LogP) is 1.87. The van der Waals surface area contributed by atoms with Crippen LogP contribution >= 0.6 is 0 Å². The molecule has 0 spiro atoms. The fourth-order valence-electron chi connectivity index (χ4n) is 1.41. The lowest BCUT2D eigenvalue weighted by molar-refractivity contribution is 0.391. The molecule has 3 heteroatoms. The molecule has 0 saturated carbocycles. The third kappa shape index (κ3) is 1.62. The Morgan fingerprint density at radius 1 is 1.29 bits per heavy atom. The van der Waals surface area contributed by atoms with Crippen molar-refractivity contribution in [3.63, 3.8) is 0 Å². The lowest BCUT2D eigenvalue weighted by Gasteiger charge is -1.96. The second-order valence-electron chi connectivity index (χ2n) is 3.23. The number of hydrogen-bond donors (Lipinski definition) is 1. The van der Waals surface area contributed by atoms with Crippen LogP contribution in [0.3, 0.4) is 0 Å². The molecule has 14 heavy (non-hydrogen) atoms. The summed E-state index contributed by atoms with van der Waals surface area (Å²) >= 11 is 0. The van der Waals surface area contributed by atoms with E-state index >= 15 is 0 Å². The van der Waals surface area contributed by atoms with E-state index in [0.717, 1.165) is 5.56 Å². The minimum atomic E-state index is -0.133. The Morgan fingerprint density at radius 2 is 2.00 bits per heavy atom. The second-order valence-corrected chi connectivity index (χ2v) is 3.23. The molecule has 2 rings (SSSR count). The van der Waals surface area contributed by atoms with Gasteiger partial charge in [0, 0.05) is 6.42 Å². The maximum atomic E-state index is 11.3. The van der Waals surface area contributed by atoms with Gasteiger partial charge < -0.3 is 4.52 Å². The SMILES string of the molecule is Cc1o[nH]c(=O)c1Cc1ccccc1. The van der Waals surface area contributed by atoms with Crippen molar-refractivity contribution in [3.8, 4) is 0 Å². The third-order valence-corrected chi connectivity index (χ3v) is 2.22. The number of benzene rings is 1. The largest absolute Gasteiger partial charge is 0.384 e. The van der Waals surface area contributed by atoms with Gasteiger partial charge in [-0.25, -0.2) is 0 Å². The highest BCUT2D eigenvalue weighted by Gasteiger charge is 2.08. The molecular formula is C11H11NO2. The van der Waals surface area contributed by atoms with Crippen molar-refractivity contribution in [2.75, 3.05) is 0 Å². The van der Waals surface area contributed by atoms with E-state index in [1.54, 1.807) is 6.92 Å². The molecule has 72 valence electrons. The van der Waals surface area contributed by atoms with E-state index in [9.17, 15) is 4.79 Å². The van der Waals surface area contributed by atoms with E-state index in [1.807, 2.05) is 30.3 Å². The van der Waals surface area contributed by atoms with E-state index < -0.39 is 0 Å². The Labute approximate surface area is 81.3 Å². The van der Waals surface area contributed by atoms with E-state index in [1.165, 1.54) is 0 Å². The molecule has 1 N–H and O–H groups in total. The summed E-state index contributed by atoms with van der Waals surface area (Å²) in [7, 11) is 0. The second kappa shape index (κ2) is 3.54. The molecule has 0 saturated heterocycles. The number of aromatic amines is 1. The molecule has 0 fully saturated rings. The van der Waals surface area contributed by atoms with Crippen LogP contribution in [0.4, 0.5) is 0 Å². The number of nitrogens with one attached hydrogen (secondary N) is 1. The Hall–Kier alpha value is -1.77. The molecule has 0 aliphatic carbocycles. The fourth-order valence-corrected chi connectivity index (χ4v) is 1.41. The van der Waals surface area contributed by atoms with Crippen LogP contribution < -0.4 is 5.56 Å². The Kier molecular flexibility index (Phi) is 2.23. The summed E-state index contributed by atoms with van der Waals surface area (Å²) in [4.78, 5) is 11.3. The topological polar surface area (TPSA) is 46.0 Å². The van der Waals surface area contributed by atoms with Crippen molar-refractivity contribution in [1.82, 2.24) is 5.16 Å². The smallest absolute Gasteiger partial charge is 0.283 e. The van der Waals surface area contributed by atoms with Crippen LogP contribution in [0.25, 0.3) is 0 Å². The molecule has 0 radical (unpaired) electrons. The van der Waals surface area contributed by atoms with Gasteiger partial charge in [0.05, 0.1) is 5.56 Å². The zero-order valence-electron chi connectivity index (χ0n) is 7.91. The highest BCUT2D eigenvalue weighted by Crippen LogP contribution is 2.08. The molecule has 2 aromatic rings. The van der Waals surface area contributed by atoms with Gasteiger partial charge in [-0.15, -0.1) is 0 Å². The van der Waals surface area contributed by atoms with Gasteiger partial charge in [0.15, 0.2) is 0 Å². The van der Waals surface area contributed by atoms with Crippen molar-refractivity contribution in [3.05, 3.63) is 57.6 Å². The van der Waals surface area contributed by atoms with Crippen LogP contribution in [0.2, 0.25) is 0 Å². The van der Waals surface area contributed by atoms with Crippen LogP contribution in [0, 0.1) is 6.92 Å². The van der Waals surface area contributed by atoms with Crippen molar-refractivity contribution < 1.29 is 4.52 Å². The molecule has 0 bridgehead atoms. The maximum Gasteiger partial charge on any atom is 0.283 e. The summed E-state index contributed by atoms with van der Waals surface area (Å²) < 4.78 is 4.93. The molecular weight excluding hydrogens is 178 g/mol. The third-order valence-electron chi connectivity index (χ3n) is 2.22. The normalized spacial score (nSPS) is 10.4. The van der Waals surface area contributed by atoms with Gasteiger partial charge in [-0.05, 0) is 12.5 Å². The van der Waals surface area contributed by atoms with Gasteiger partial charge in [0.25, 0.3) is 5.56 Å². The van der Waals surface area contributed by atoms with Crippen LogP contribution in [-0.2, 0) is 6.42 Å². The summed E-state index contributed by atoms with van der Waals surface area (Å²) in [5.41, 5.74) is 1.69. The highest BCUT2D eigenvalue weighted by molar-refractivity contribution is 5.25. The Bertz CT molecular complexity index is 468. The number of hydrogen-bond acceptors (Lipinski definition) is 2. The summed E-state index contributed by atoms with van der Waals surface area (Å²) in [6.07, 6.45) is 0.624. The lowest BCUT2D eigenvalue weighted by atomic mass is 10.1. The average molecular weight is 189 g/mol. The molecule has 1 heterocycles. The maximum absolute atomic E-state index is 11.3. The fraction of sp³-hybridized carbons (Fsp3) is 0.182. The predicted molar refractivity (Wildman–Crippen MR) is 53.3 cm³/mol. The minimum absolute atomic E-state index is 0.133. The van der Waals surface area contributed by atoms with Crippen molar-refractivity contribution in [2.45, 2.75) is 13.3 Å². The van der Waals surface area contributed by atoms with Gasteiger partial charge >= 0.3 is 0 Å². The van der Waals surface area contributed by atoms with Gasteiger partial charge in [0.1, 0.15) is 5.76 Å². The monoisotopic (exact) mass is 189 g/mol. The highest BCUT2D eigenvalue weighted by atomic mass is 16.5. The Balaban J connectivity index is 2.32. The zero-order valence-corrected chi connectivity index (χ0v) is 7.91. The van der Waals surface area contributed by atoms with Crippen LogP contribution in [-0.4, -0.2) is 5.16 Å². The van der Waals surface area contributed by atoms with Gasteiger partial charge in [-0.3, -0.25) is 4.79 Å². The standard InChI is InChI=1S/C11H11NO2/c1-8-10(11(13)12-14-8)7-9-5-3-2-4-6-9/h2-6H,7H2,1H3,(H,12,13). The summed E-state index contributed by atoms with van der Waals surface area (Å²) in [5.74, 6) is 0.666. The van der Waals surface area contributed by atoms with Crippen molar-refractivity contribution in [1.29, 1.82) is 0 Å². The van der Waals surface area contributed by atoms with Crippen LogP contribution in [0.1, 0.15) is 16.9 Å². The number of H-pyrrole nitrogens is 1. The molecule has 3 nitrogen and oxygen atoms in total. The Morgan fingerprint density at radius 3 is 2.57 bits per heavy atom. The molecule has 1 aromatic carbocycles. The quantitative estimate of drug-likeness (QED) is 0.783. The number of rotatable bonds is 2. The molecule has 1 aromatic heterocycles. The van der Waals surface area contributed by atoms with E-state index in [4.69, 9.17) is 4.52 Å². The van der Waals surface area contributed by atoms with Gasteiger partial charge in [-0.1, -0.05) is 30.3 Å². The molecule has 0 amide bonds. The van der Waals surface area contributed by atoms with Crippen LogP contribution in [0.15, 0.2) is 39.6 Å². The first-order chi connectivity index (χ1) is 6.77. The first-order valence-corrected chi connectivity index (χ1v) is 4.48. The minimum Gasteiger partial charge on any atom is -0.384 e. The molecule has 0 unspecified atom stereocenters. The van der Waals surface area contributed by atoms with Gasteiger partial charge in [-0.2, -0.15) is 5.16 Å². The summed E-state index contributed by atoms with van der Waals surface area (Å²) in [6, 6.07) is 9.85. The van der Waals surface area contributed by atoms with E-state index in [2.05, 4.69) is 5.16 Å². The van der Waals surface area contributed by atoms with Gasteiger partial charge in [0.2, 0.25) is 0 Å². The van der Waals surface area contributed by atoms with Crippen molar-refractivity contribution >= 4 is 0 Å². The van der Waals surface area contributed by atoms with E-state index in [-0.39, 0.29) is 5.56 Å². The molecule has 0 aliphatic heterocycles. The average Bonchev–Trinajstić information content (AvgIpc) is 2.51. The first-order valence-electron chi connectivity index (χ1n) is 4.48. The summed E-state index contributed by atoms with van der Waals surface area (Å²) in [5, 5.41) is 2.33. The first kappa shape index (κ1) is 8.81. The molecule has 0 aliphatic rings. The van der Waals surface area contributed by atoms with Crippen molar-refractivity contribution in [2.24, 2.45) is 0 Å².